The van der Waals surface area contributed by atoms with Crippen LogP contribution < -0.4 is 4.74 Å². The second-order valence-corrected chi connectivity index (χ2v) is 6.01. The average Bonchev–Trinajstić information content (AvgIpc) is 2.60. The van der Waals surface area contributed by atoms with E-state index in [0.29, 0.717) is 19.6 Å². The number of carbonyl (C=O) groups excluding carboxylic acids is 1. The Morgan fingerprint density at radius 3 is 2.57 bits per heavy atom. The summed E-state index contributed by atoms with van der Waals surface area (Å²) in [6, 6.07) is 9.68. The lowest BCUT2D eigenvalue weighted by Gasteiger charge is -2.35. The maximum Gasteiger partial charge on any atom is 0.222 e. The van der Waals surface area contributed by atoms with E-state index < -0.39 is 0 Å². The van der Waals surface area contributed by atoms with Gasteiger partial charge in [0.15, 0.2) is 0 Å². The Morgan fingerprint density at radius 1 is 1.22 bits per heavy atom. The van der Waals surface area contributed by atoms with E-state index >= 15 is 0 Å². The van der Waals surface area contributed by atoms with Crippen LogP contribution in [0, 0.1) is 0 Å². The summed E-state index contributed by atoms with van der Waals surface area (Å²) in [5.41, 5.74) is 0. The number of β-amino-alcohol motifs (C(OH)–C–C–N with tert-alkyl or cyclic N) is 1. The van der Waals surface area contributed by atoms with Gasteiger partial charge >= 0.3 is 0 Å². The van der Waals surface area contributed by atoms with Gasteiger partial charge in [-0.25, -0.2) is 0 Å². The molecule has 1 atom stereocenters. The molecule has 1 amide bonds. The summed E-state index contributed by atoms with van der Waals surface area (Å²) in [7, 11) is 0. The summed E-state index contributed by atoms with van der Waals surface area (Å²) in [6.07, 6.45) is 1.79. The third-order valence-electron chi connectivity index (χ3n) is 4.21. The highest BCUT2D eigenvalue weighted by molar-refractivity contribution is 5.76. The maximum absolute atomic E-state index is 12.2. The third-order valence-corrected chi connectivity index (χ3v) is 4.21. The number of hydrogen-bond acceptors (Lipinski definition) is 4. The molecule has 0 saturated carbocycles. The number of ether oxygens (including phenoxy) is 1. The lowest BCUT2D eigenvalue weighted by Crippen LogP contribution is -2.50. The highest BCUT2D eigenvalue weighted by Crippen LogP contribution is 2.10. The molecule has 5 nitrogen and oxygen atoms in total. The second kappa shape index (κ2) is 9.53. The van der Waals surface area contributed by atoms with E-state index in [-0.39, 0.29) is 12.0 Å². The van der Waals surface area contributed by atoms with Gasteiger partial charge in [0.2, 0.25) is 5.91 Å². The van der Waals surface area contributed by atoms with Crippen molar-refractivity contribution in [3.05, 3.63) is 30.3 Å². The minimum absolute atomic E-state index is 0.206. The number of rotatable bonds is 8. The number of carbonyl (C=O) groups is 1. The standard InChI is InChI=1S/C18H28N2O3/c1-2-16(21)15-19-10-12-20(13-11-19)18(22)9-6-14-23-17-7-4-3-5-8-17/h3-5,7-8,16,21H,2,6,9-15H2,1H3. The largest absolute Gasteiger partial charge is 0.494 e. The predicted molar refractivity (Wildman–Crippen MR) is 90.5 cm³/mol. The zero-order valence-electron chi connectivity index (χ0n) is 14.0. The highest BCUT2D eigenvalue weighted by atomic mass is 16.5. The number of amides is 1. The fourth-order valence-electron chi connectivity index (χ4n) is 2.70. The van der Waals surface area contributed by atoms with E-state index in [2.05, 4.69) is 4.90 Å². The van der Waals surface area contributed by atoms with Crippen molar-refractivity contribution in [2.75, 3.05) is 39.3 Å². The molecule has 0 bridgehead atoms. The van der Waals surface area contributed by atoms with E-state index in [1.165, 1.54) is 0 Å². The molecule has 5 heteroatoms. The Labute approximate surface area is 138 Å². The number of para-hydroxylation sites is 1. The minimum atomic E-state index is -0.257. The fourth-order valence-corrected chi connectivity index (χ4v) is 2.70. The van der Waals surface area contributed by atoms with Gasteiger partial charge in [-0.2, -0.15) is 0 Å². The summed E-state index contributed by atoms with van der Waals surface area (Å²) < 4.78 is 5.61. The summed E-state index contributed by atoms with van der Waals surface area (Å²) in [4.78, 5) is 16.4. The van der Waals surface area contributed by atoms with Gasteiger partial charge in [-0.05, 0) is 25.0 Å². The van der Waals surface area contributed by atoms with Crippen molar-refractivity contribution in [3.63, 3.8) is 0 Å². The first-order chi connectivity index (χ1) is 11.2. The molecule has 2 rings (SSSR count). The quantitative estimate of drug-likeness (QED) is 0.742. The van der Waals surface area contributed by atoms with Crippen LogP contribution >= 0.6 is 0 Å². The molecular weight excluding hydrogens is 292 g/mol. The number of aliphatic hydroxyl groups is 1. The molecule has 1 aromatic carbocycles. The smallest absolute Gasteiger partial charge is 0.222 e. The predicted octanol–water partition coefficient (Wildman–Crippen LogP) is 1.76. The number of piperazine rings is 1. The normalized spacial score (nSPS) is 17.0. The van der Waals surface area contributed by atoms with Gasteiger partial charge in [0, 0.05) is 39.1 Å². The SMILES string of the molecule is CCC(O)CN1CCN(C(=O)CCCOc2ccccc2)CC1. The van der Waals surface area contributed by atoms with Crippen LogP contribution in [0.3, 0.4) is 0 Å². The van der Waals surface area contributed by atoms with Gasteiger partial charge < -0.3 is 14.7 Å². The molecule has 1 aromatic rings. The molecule has 1 heterocycles. The Morgan fingerprint density at radius 2 is 1.91 bits per heavy atom. The van der Waals surface area contributed by atoms with Crippen LogP contribution in [0.15, 0.2) is 30.3 Å². The van der Waals surface area contributed by atoms with Crippen molar-refractivity contribution in [3.8, 4) is 5.75 Å². The topological polar surface area (TPSA) is 53.0 Å². The van der Waals surface area contributed by atoms with Crippen molar-refractivity contribution in [2.24, 2.45) is 0 Å². The summed E-state index contributed by atoms with van der Waals surface area (Å²) in [5, 5.41) is 9.69. The van der Waals surface area contributed by atoms with Crippen LogP contribution in [-0.4, -0.2) is 66.2 Å². The molecule has 0 radical (unpaired) electrons. The van der Waals surface area contributed by atoms with Crippen LogP contribution in [0.5, 0.6) is 5.75 Å². The molecule has 1 saturated heterocycles. The van der Waals surface area contributed by atoms with Crippen LogP contribution in [-0.2, 0) is 4.79 Å². The minimum Gasteiger partial charge on any atom is -0.494 e. The molecule has 1 aliphatic heterocycles. The van der Waals surface area contributed by atoms with Gasteiger partial charge in [-0.3, -0.25) is 9.69 Å². The monoisotopic (exact) mass is 320 g/mol. The molecule has 1 unspecified atom stereocenters. The number of hydrogen-bond donors (Lipinski definition) is 1. The maximum atomic E-state index is 12.2. The van der Waals surface area contributed by atoms with E-state index in [9.17, 15) is 9.90 Å². The first-order valence-corrected chi connectivity index (χ1v) is 8.55. The van der Waals surface area contributed by atoms with E-state index in [1.54, 1.807) is 0 Å². The van der Waals surface area contributed by atoms with Crippen molar-refractivity contribution in [1.29, 1.82) is 0 Å². The summed E-state index contributed by atoms with van der Waals surface area (Å²) >= 11 is 0. The van der Waals surface area contributed by atoms with Crippen LogP contribution in [0.4, 0.5) is 0 Å². The Bertz CT molecular complexity index is 459. The van der Waals surface area contributed by atoms with E-state index in [4.69, 9.17) is 4.74 Å². The van der Waals surface area contributed by atoms with Gasteiger partial charge in [0.05, 0.1) is 12.7 Å². The van der Waals surface area contributed by atoms with Gasteiger partial charge in [0.1, 0.15) is 5.75 Å². The first-order valence-electron chi connectivity index (χ1n) is 8.55. The Hall–Kier alpha value is -1.59. The molecule has 0 aliphatic carbocycles. The molecule has 128 valence electrons. The molecule has 0 aromatic heterocycles. The van der Waals surface area contributed by atoms with E-state index in [1.807, 2.05) is 42.2 Å². The number of nitrogens with zero attached hydrogens (tertiary/aromatic N) is 2. The number of benzene rings is 1. The van der Waals surface area contributed by atoms with Gasteiger partial charge in [-0.1, -0.05) is 25.1 Å². The molecule has 0 spiro atoms. The fraction of sp³-hybridized carbons (Fsp3) is 0.611. The molecule has 23 heavy (non-hydrogen) atoms. The second-order valence-electron chi connectivity index (χ2n) is 6.01. The van der Waals surface area contributed by atoms with Crippen LogP contribution in [0.1, 0.15) is 26.2 Å². The highest BCUT2D eigenvalue weighted by Gasteiger charge is 2.21. The van der Waals surface area contributed by atoms with Crippen molar-refractivity contribution in [1.82, 2.24) is 9.80 Å². The molecule has 1 fully saturated rings. The van der Waals surface area contributed by atoms with Crippen molar-refractivity contribution >= 4 is 5.91 Å². The van der Waals surface area contributed by atoms with Gasteiger partial charge in [-0.15, -0.1) is 0 Å². The van der Waals surface area contributed by atoms with Gasteiger partial charge in [0.25, 0.3) is 0 Å². The summed E-state index contributed by atoms with van der Waals surface area (Å²) in [6.45, 7) is 6.49. The molecule has 1 aliphatic rings. The number of aliphatic hydroxyl groups excluding tert-OH is 1. The lowest BCUT2D eigenvalue weighted by atomic mass is 10.2. The first kappa shape index (κ1) is 17.8. The zero-order chi connectivity index (χ0) is 16.5. The average molecular weight is 320 g/mol. The van der Waals surface area contributed by atoms with Crippen LogP contribution in [0.25, 0.3) is 0 Å². The van der Waals surface area contributed by atoms with Crippen LogP contribution in [0.2, 0.25) is 0 Å². The Balaban J connectivity index is 1.60. The Kier molecular flexibility index (Phi) is 7.36. The third kappa shape index (κ3) is 6.20. The van der Waals surface area contributed by atoms with Crippen molar-refractivity contribution in [2.45, 2.75) is 32.3 Å². The zero-order valence-corrected chi connectivity index (χ0v) is 14.0. The lowest BCUT2D eigenvalue weighted by molar-refractivity contribution is -0.133. The molecular formula is C18H28N2O3. The van der Waals surface area contributed by atoms with Crippen molar-refractivity contribution < 1.29 is 14.6 Å². The van der Waals surface area contributed by atoms with E-state index in [0.717, 1.165) is 44.8 Å². The summed E-state index contributed by atoms with van der Waals surface area (Å²) in [5.74, 6) is 1.06. The molecule has 1 N–H and O–H groups in total.